The molecule has 1 heterocycles. The van der Waals surface area contributed by atoms with Crippen LogP contribution in [0.5, 0.6) is 5.75 Å². The molecule has 0 saturated carbocycles. The molecule has 0 aromatic heterocycles. The number of nitriles is 1. The summed E-state index contributed by atoms with van der Waals surface area (Å²) in [5, 5.41) is 9.83. The van der Waals surface area contributed by atoms with Crippen LogP contribution in [0.15, 0.2) is 63.7 Å². The number of carbonyl (C=O) groups excluding carboxylic acids is 1. The van der Waals surface area contributed by atoms with Gasteiger partial charge in [0, 0.05) is 4.47 Å². The van der Waals surface area contributed by atoms with Gasteiger partial charge >= 0.3 is 5.97 Å². The first-order chi connectivity index (χ1) is 15.3. The first-order valence-electron chi connectivity index (χ1n) is 10.2. The molecule has 2 N–H and O–H groups in total. The van der Waals surface area contributed by atoms with E-state index < -0.39 is 11.9 Å². The zero-order chi connectivity index (χ0) is 23.4. The standard InChI is InChI=1S/C25H25BrN2O4/c1-5-30-25(29)22-16(4)32-24(28)21(12-27)23(22)20-11-17(14(2)10-15(20)3)13-31-19-8-6-18(26)7-9-19/h6-11,23H,5,13,28H2,1-4H3/t23-/m1/s1. The minimum atomic E-state index is -0.681. The summed E-state index contributed by atoms with van der Waals surface area (Å²) in [6.07, 6.45) is 0. The Hall–Kier alpha value is -3.24. The van der Waals surface area contributed by atoms with Crippen molar-refractivity contribution in [3.05, 3.63) is 85.9 Å². The fourth-order valence-electron chi connectivity index (χ4n) is 3.74. The zero-order valence-electron chi connectivity index (χ0n) is 18.5. The monoisotopic (exact) mass is 496 g/mol. The normalized spacial score (nSPS) is 15.8. The minimum absolute atomic E-state index is 0.00399. The van der Waals surface area contributed by atoms with Gasteiger partial charge in [-0.1, -0.05) is 28.1 Å². The van der Waals surface area contributed by atoms with Gasteiger partial charge in [-0.2, -0.15) is 5.26 Å². The molecule has 6 nitrogen and oxygen atoms in total. The third-order valence-corrected chi connectivity index (χ3v) is 5.87. The number of benzene rings is 2. The number of hydrogen-bond donors (Lipinski definition) is 1. The van der Waals surface area contributed by atoms with Crippen molar-refractivity contribution in [3.63, 3.8) is 0 Å². The van der Waals surface area contributed by atoms with Crippen LogP contribution in [0.4, 0.5) is 0 Å². The fraction of sp³-hybridized carbons (Fsp3) is 0.280. The van der Waals surface area contributed by atoms with E-state index in [0.717, 1.165) is 32.5 Å². The number of ether oxygens (including phenoxy) is 3. The Kier molecular flexibility index (Phi) is 7.26. The third-order valence-electron chi connectivity index (χ3n) is 5.34. The second-order valence-corrected chi connectivity index (χ2v) is 8.41. The number of hydrogen-bond acceptors (Lipinski definition) is 6. The topological polar surface area (TPSA) is 94.6 Å². The molecule has 1 aliphatic heterocycles. The first kappa shape index (κ1) is 23.4. The van der Waals surface area contributed by atoms with Crippen molar-refractivity contribution >= 4 is 21.9 Å². The summed E-state index contributed by atoms with van der Waals surface area (Å²) in [7, 11) is 0. The van der Waals surface area contributed by atoms with Crippen LogP contribution in [0.2, 0.25) is 0 Å². The third kappa shape index (κ3) is 4.81. The smallest absolute Gasteiger partial charge is 0.338 e. The zero-order valence-corrected chi connectivity index (χ0v) is 20.1. The van der Waals surface area contributed by atoms with Gasteiger partial charge in [-0.05, 0) is 74.2 Å². The van der Waals surface area contributed by atoms with E-state index >= 15 is 0 Å². The van der Waals surface area contributed by atoms with Gasteiger partial charge in [0.05, 0.1) is 18.1 Å². The van der Waals surface area contributed by atoms with E-state index in [1.54, 1.807) is 13.8 Å². The Balaban J connectivity index is 2.05. The van der Waals surface area contributed by atoms with E-state index in [4.69, 9.17) is 19.9 Å². The Morgan fingerprint density at radius 3 is 2.50 bits per heavy atom. The van der Waals surface area contributed by atoms with Gasteiger partial charge in [0.25, 0.3) is 0 Å². The highest BCUT2D eigenvalue weighted by atomic mass is 79.9. The van der Waals surface area contributed by atoms with Gasteiger partial charge in [0.1, 0.15) is 29.8 Å². The molecule has 0 amide bonds. The predicted octanol–water partition coefficient (Wildman–Crippen LogP) is 5.29. The molecule has 2 aromatic carbocycles. The highest BCUT2D eigenvalue weighted by molar-refractivity contribution is 9.10. The second-order valence-electron chi connectivity index (χ2n) is 7.49. The average Bonchev–Trinajstić information content (AvgIpc) is 2.74. The molecule has 7 heteroatoms. The first-order valence-corrected chi connectivity index (χ1v) is 11.0. The fourth-order valence-corrected chi connectivity index (χ4v) is 4.00. The number of nitrogens with two attached hydrogens (primary N) is 1. The molecule has 166 valence electrons. The van der Waals surface area contributed by atoms with Crippen LogP contribution in [0.25, 0.3) is 0 Å². The summed E-state index contributed by atoms with van der Waals surface area (Å²) < 4.78 is 17.7. The lowest BCUT2D eigenvalue weighted by molar-refractivity contribution is -0.139. The van der Waals surface area contributed by atoms with Crippen molar-refractivity contribution in [1.82, 2.24) is 0 Å². The van der Waals surface area contributed by atoms with Gasteiger partial charge < -0.3 is 19.9 Å². The second kappa shape index (κ2) is 9.92. The molecule has 0 bridgehead atoms. The number of carbonyl (C=O) groups is 1. The molecular formula is C25H25BrN2O4. The molecule has 2 aromatic rings. The van der Waals surface area contributed by atoms with Crippen LogP contribution in [-0.4, -0.2) is 12.6 Å². The van der Waals surface area contributed by atoms with Crippen molar-refractivity contribution in [2.24, 2.45) is 5.73 Å². The van der Waals surface area contributed by atoms with E-state index in [1.807, 2.05) is 50.2 Å². The van der Waals surface area contributed by atoms with E-state index in [0.29, 0.717) is 12.4 Å². The molecule has 0 radical (unpaired) electrons. The molecule has 32 heavy (non-hydrogen) atoms. The van der Waals surface area contributed by atoms with Crippen LogP contribution in [-0.2, 0) is 20.9 Å². The molecule has 0 unspecified atom stereocenters. The number of rotatable bonds is 6. The molecule has 0 spiro atoms. The maximum Gasteiger partial charge on any atom is 0.338 e. The summed E-state index contributed by atoms with van der Waals surface area (Å²) >= 11 is 3.42. The van der Waals surface area contributed by atoms with Crippen molar-refractivity contribution in [3.8, 4) is 11.8 Å². The predicted molar refractivity (Wildman–Crippen MR) is 124 cm³/mol. The number of allylic oxidation sites excluding steroid dienone is 2. The van der Waals surface area contributed by atoms with E-state index in [-0.39, 0.29) is 23.6 Å². The SMILES string of the molecule is CCOC(=O)C1=C(C)OC(N)=C(C#N)[C@H]1c1cc(COc2ccc(Br)cc2)c(C)cc1C. The van der Waals surface area contributed by atoms with Crippen molar-refractivity contribution in [2.75, 3.05) is 6.61 Å². The number of halogens is 1. The number of aryl methyl sites for hydroxylation is 2. The summed E-state index contributed by atoms with van der Waals surface area (Å²) in [4.78, 5) is 12.8. The lowest BCUT2D eigenvalue weighted by Gasteiger charge is -2.28. The minimum Gasteiger partial charge on any atom is -0.489 e. The van der Waals surface area contributed by atoms with Crippen LogP contribution < -0.4 is 10.5 Å². The Morgan fingerprint density at radius 2 is 1.88 bits per heavy atom. The average molecular weight is 497 g/mol. The van der Waals surface area contributed by atoms with E-state index in [1.165, 1.54) is 0 Å². The molecule has 1 aliphatic rings. The van der Waals surface area contributed by atoms with Crippen LogP contribution >= 0.6 is 15.9 Å². The molecular weight excluding hydrogens is 472 g/mol. The van der Waals surface area contributed by atoms with Crippen LogP contribution in [0.1, 0.15) is 42.0 Å². The van der Waals surface area contributed by atoms with E-state index in [2.05, 4.69) is 22.0 Å². The number of nitrogens with zero attached hydrogens (tertiary/aromatic N) is 1. The molecule has 0 saturated heterocycles. The Morgan fingerprint density at radius 1 is 1.19 bits per heavy atom. The quantitative estimate of drug-likeness (QED) is 0.545. The van der Waals surface area contributed by atoms with Gasteiger partial charge in [-0.3, -0.25) is 0 Å². The van der Waals surface area contributed by atoms with Crippen LogP contribution in [0, 0.1) is 25.2 Å². The molecule has 0 aliphatic carbocycles. The van der Waals surface area contributed by atoms with Gasteiger partial charge in [0.2, 0.25) is 5.88 Å². The summed E-state index contributed by atoms with van der Waals surface area (Å²) in [6, 6.07) is 13.7. The maximum atomic E-state index is 12.8. The van der Waals surface area contributed by atoms with Crippen LogP contribution in [0.3, 0.4) is 0 Å². The van der Waals surface area contributed by atoms with E-state index in [9.17, 15) is 10.1 Å². The van der Waals surface area contributed by atoms with Crippen molar-refractivity contribution in [2.45, 2.75) is 40.2 Å². The highest BCUT2D eigenvalue weighted by Crippen LogP contribution is 2.41. The largest absolute Gasteiger partial charge is 0.489 e. The van der Waals surface area contributed by atoms with Gasteiger partial charge in [-0.25, -0.2) is 4.79 Å². The summed E-state index contributed by atoms with van der Waals surface area (Å²) in [5.74, 6) is -0.137. The molecule has 1 atom stereocenters. The molecule has 0 fully saturated rings. The molecule has 3 rings (SSSR count). The van der Waals surface area contributed by atoms with Gasteiger partial charge in [0.15, 0.2) is 0 Å². The van der Waals surface area contributed by atoms with Crippen molar-refractivity contribution < 1.29 is 19.0 Å². The Labute approximate surface area is 196 Å². The van der Waals surface area contributed by atoms with Crippen molar-refractivity contribution in [1.29, 1.82) is 5.26 Å². The van der Waals surface area contributed by atoms with Gasteiger partial charge in [-0.15, -0.1) is 0 Å². The highest BCUT2D eigenvalue weighted by Gasteiger charge is 2.37. The lowest BCUT2D eigenvalue weighted by atomic mass is 9.80. The lowest BCUT2D eigenvalue weighted by Crippen LogP contribution is -2.26. The summed E-state index contributed by atoms with van der Waals surface area (Å²) in [5.41, 5.74) is 10.2. The number of esters is 1. The maximum absolute atomic E-state index is 12.8. The summed E-state index contributed by atoms with van der Waals surface area (Å²) in [6.45, 7) is 7.88. The Bertz CT molecular complexity index is 1140.